The van der Waals surface area contributed by atoms with Gasteiger partial charge in [-0.05, 0) is 65.2 Å². The highest BCUT2D eigenvalue weighted by Crippen LogP contribution is 2.31. The number of halogens is 6. The van der Waals surface area contributed by atoms with Crippen molar-refractivity contribution in [2.24, 2.45) is 0 Å². The molecule has 44 heavy (non-hydrogen) atoms. The Balaban J connectivity index is 1.31. The summed E-state index contributed by atoms with van der Waals surface area (Å²) in [6, 6.07) is 27.9. The number of nitrogens with one attached hydrogen (secondary N) is 2. The molecule has 4 aromatic carbocycles. The lowest BCUT2D eigenvalue weighted by Crippen LogP contribution is -2.21. The van der Waals surface area contributed by atoms with E-state index in [4.69, 9.17) is 4.74 Å². The lowest BCUT2D eigenvalue weighted by atomic mass is 10.0. The predicted octanol–water partition coefficient (Wildman–Crippen LogP) is 8.65. The van der Waals surface area contributed by atoms with Crippen LogP contribution in [0, 0.1) is 0 Å². The number of aromatic nitrogens is 3. The molecule has 5 rings (SSSR count). The molecule has 0 fully saturated rings. The third-order valence-corrected chi connectivity index (χ3v) is 5.97. The van der Waals surface area contributed by atoms with E-state index >= 15 is 0 Å². The highest BCUT2D eigenvalue weighted by atomic mass is 19.4. The van der Waals surface area contributed by atoms with Crippen molar-refractivity contribution in [2.75, 3.05) is 17.2 Å². The molecule has 7 nitrogen and oxygen atoms in total. The standard InChI is InChI=1S/C31H23F6N5O2/c32-30(33,34)19-43-29-41-27(40-28(42-29)39-24-9-5-8-23(17-24)31(35,36)37)38-18-20-6-4-7-22(16-20)21-12-14-26(15-13-21)44-25-10-2-1-3-11-25/h1-17H,18-19H2,(H2,38,39,40,41,42). The minimum absolute atomic E-state index is 0.0355. The van der Waals surface area contributed by atoms with Gasteiger partial charge in [-0.25, -0.2) is 0 Å². The Bertz CT molecular complexity index is 1700. The van der Waals surface area contributed by atoms with Crippen LogP contribution in [0.4, 0.5) is 43.9 Å². The van der Waals surface area contributed by atoms with E-state index in [-0.39, 0.29) is 24.1 Å². The zero-order chi connectivity index (χ0) is 31.2. The average Bonchev–Trinajstić information content (AvgIpc) is 2.99. The molecule has 0 aliphatic rings. The summed E-state index contributed by atoms with van der Waals surface area (Å²) in [4.78, 5) is 11.8. The zero-order valence-corrected chi connectivity index (χ0v) is 22.7. The molecular weight excluding hydrogens is 588 g/mol. The Labute approximate surface area is 247 Å². The van der Waals surface area contributed by atoms with Crippen LogP contribution in [0.15, 0.2) is 103 Å². The molecule has 5 aromatic rings. The van der Waals surface area contributed by atoms with Crippen molar-refractivity contribution in [1.29, 1.82) is 0 Å². The molecule has 0 aliphatic heterocycles. The molecule has 13 heteroatoms. The smallest absolute Gasteiger partial charge is 0.422 e. The first kappa shape index (κ1) is 30.1. The molecule has 0 amide bonds. The van der Waals surface area contributed by atoms with Gasteiger partial charge >= 0.3 is 18.4 Å². The van der Waals surface area contributed by atoms with Gasteiger partial charge in [0.2, 0.25) is 11.9 Å². The van der Waals surface area contributed by atoms with E-state index < -0.39 is 30.5 Å². The van der Waals surface area contributed by atoms with Gasteiger partial charge in [-0.1, -0.05) is 54.6 Å². The maximum absolute atomic E-state index is 13.1. The summed E-state index contributed by atoms with van der Waals surface area (Å²) in [6.07, 6.45) is -9.27. The second-order valence-electron chi connectivity index (χ2n) is 9.37. The van der Waals surface area contributed by atoms with Crippen LogP contribution >= 0.6 is 0 Å². The van der Waals surface area contributed by atoms with Crippen molar-refractivity contribution in [3.05, 3.63) is 114 Å². The van der Waals surface area contributed by atoms with Gasteiger partial charge in [0.25, 0.3) is 0 Å². The van der Waals surface area contributed by atoms with Gasteiger partial charge < -0.3 is 20.1 Å². The van der Waals surface area contributed by atoms with Gasteiger partial charge in [-0.2, -0.15) is 41.3 Å². The fraction of sp³-hybridized carbons (Fsp3) is 0.129. The predicted molar refractivity (Wildman–Crippen MR) is 152 cm³/mol. The van der Waals surface area contributed by atoms with Crippen LogP contribution in [0.1, 0.15) is 11.1 Å². The van der Waals surface area contributed by atoms with E-state index in [9.17, 15) is 26.3 Å². The van der Waals surface area contributed by atoms with Gasteiger partial charge in [0.1, 0.15) is 11.5 Å². The summed E-state index contributed by atoms with van der Waals surface area (Å²) in [6.45, 7) is -1.51. The largest absolute Gasteiger partial charge is 0.457 e. The summed E-state index contributed by atoms with van der Waals surface area (Å²) in [7, 11) is 0. The molecule has 226 valence electrons. The molecule has 0 bridgehead atoms. The first-order valence-corrected chi connectivity index (χ1v) is 13.1. The van der Waals surface area contributed by atoms with Crippen molar-refractivity contribution in [2.45, 2.75) is 18.9 Å². The second-order valence-corrected chi connectivity index (χ2v) is 9.37. The Morgan fingerprint density at radius 1 is 0.636 bits per heavy atom. The Morgan fingerprint density at radius 2 is 1.34 bits per heavy atom. The number of hydrogen-bond acceptors (Lipinski definition) is 7. The third-order valence-electron chi connectivity index (χ3n) is 5.97. The van der Waals surface area contributed by atoms with E-state index in [2.05, 4.69) is 30.3 Å². The lowest BCUT2D eigenvalue weighted by Gasteiger charge is -2.13. The molecule has 0 saturated carbocycles. The van der Waals surface area contributed by atoms with Gasteiger partial charge in [-0.15, -0.1) is 0 Å². The van der Waals surface area contributed by atoms with Crippen molar-refractivity contribution >= 4 is 17.6 Å². The lowest BCUT2D eigenvalue weighted by molar-refractivity contribution is -0.154. The van der Waals surface area contributed by atoms with Crippen LogP contribution < -0.4 is 20.1 Å². The molecule has 0 atom stereocenters. The van der Waals surface area contributed by atoms with Crippen LogP contribution in [-0.2, 0) is 12.7 Å². The molecule has 0 spiro atoms. The van der Waals surface area contributed by atoms with E-state index in [1.54, 1.807) is 0 Å². The average molecular weight is 612 g/mol. The minimum Gasteiger partial charge on any atom is -0.457 e. The van der Waals surface area contributed by atoms with Gasteiger partial charge in [0, 0.05) is 12.2 Å². The topological polar surface area (TPSA) is 81.2 Å². The van der Waals surface area contributed by atoms with Crippen LogP contribution in [0.25, 0.3) is 11.1 Å². The minimum atomic E-state index is -4.67. The summed E-state index contributed by atoms with van der Waals surface area (Å²) < 4.78 is 88.2. The molecule has 0 radical (unpaired) electrons. The van der Waals surface area contributed by atoms with Gasteiger partial charge in [0.15, 0.2) is 6.61 Å². The normalized spacial score (nSPS) is 11.6. The van der Waals surface area contributed by atoms with Crippen LogP contribution in [-0.4, -0.2) is 27.7 Å². The van der Waals surface area contributed by atoms with Crippen molar-refractivity contribution in [3.8, 4) is 28.6 Å². The Kier molecular flexibility index (Phi) is 8.83. The van der Waals surface area contributed by atoms with E-state index in [0.717, 1.165) is 28.8 Å². The molecule has 0 saturated heterocycles. The first-order chi connectivity index (χ1) is 21.0. The monoisotopic (exact) mass is 611 g/mol. The van der Waals surface area contributed by atoms with Crippen molar-refractivity contribution < 1.29 is 35.8 Å². The number of alkyl halides is 6. The zero-order valence-electron chi connectivity index (χ0n) is 22.7. The number of hydrogen-bond donors (Lipinski definition) is 2. The van der Waals surface area contributed by atoms with E-state index in [0.29, 0.717) is 11.5 Å². The molecule has 2 N–H and O–H groups in total. The number of anilines is 3. The molecular formula is C31H23F6N5O2. The highest BCUT2D eigenvalue weighted by molar-refractivity contribution is 5.65. The van der Waals surface area contributed by atoms with Crippen LogP contribution in [0.5, 0.6) is 17.5 Å². The van der Waals surface area contributed by atoms with Crippen molar-refractivity contribution in [3.63, 3.8) is 0 Å². The van der Waals surface area contributed by atoms with Crippen LogP contribution in [0.3, 0.4) is 0 Å². The Hall–Kier alpha value is -5.33. The van der Waals surface area contributed by atoms with Gasteiger partial charge in [0.05, 0.1) is 5.56 Å². The quantitative estimate of drug-likeness (QED) is 0.153. The number of nitrogens with zero attached hydrogens (tertiary/aromatic N) is 3. The molecule has 1 aromatic heterocycles. The highest BCUT2D eigenvalue weighted by Gasteiger charge is 2.31. The second kappa shape index (κ2) is 12.9. The van der Waals surface area contributed by atoms with Crippen LogP contribution in [0.2, 0.25) is 0 Å². The number of ether oxygens (including phenoxy) is 2. The maximum atomic E-state index is 13.1. The van der Waals surface area contributed by atoms with E-state index in [1.807, 2.05) is 78.9 Å². The first-order valence-electron chi connectivity index (χ1n) is 13.1. The summed E-state index contributed by atoms with van der Waals surface area (Å²) in [5.41, 5.74) is 1.64. The third kappa shape index (κ3) is 8.60. The molecule has 1 heterocycles. The summed E-state index contributed by atoms with van der Waals surface area (Å²) >= 11 is 0. The summed E-state index contributed by atoms with van der Waals surface area (Å²) in [5.74, 6) is 0.919. The van der Waals surface area contributed by atoms with E-state index in [1.165, 1.54) is 12.1 Å². The SMILES string of the molecule is FC(F)(F)COc1nc(NCc2cccc(-c3ccc(Oc4ccccc4)cc3)c2)nc(Nc2cccc(C(F)(F)F)c2)n1. The fourth-order valence-electron chi connectivity index (χ4n) is 3.99. The fourth-order valence-corrected chi connectivity index (χ4v) is 3.99. The summed E-state index contributed by atoms with van der Waals surface area (Å²) in [5, 5.41) is 5.48. The number of para-hydroxylation sites is 1. The van der Waals surface area contributed by atoms with Gasteiger partial charge in [-0.3, -0.25) is 0 Å². The number of rotatable bonds is 10. The molecule has 0 unspecified atom stereocenters. The maximum Gasteiger partial charge on any atom is 0.422 e. The van der Waals surface area contributed by atoms with Crippen molar-refractivity contribution in [1.82, 2.24) is 15.0 Å². The molecule has 0 aliphatic carbocycles. The Morgan fingerprint density at radius 3 is 2.07 bits per heavy atom. The number of benzene rings is 4.